The molecule has 100 valence electrons. The van der Waals surface area contributed by atoms with Gasteiger partial charge in [0.1, 0.15) is 18.2 Å². The number of hydrogen-bond acceptors (Lipinski definition) is 5. The summed E-state index contributed by atoms with van der Waals surface area (Å²) in [6.45, 7) is 6.04. The van der Waals surface area contributed by atoms with Crippen LogP contribution in [0.5, 0.6) is 0 Å². The second-order valence-corrected chi connectivity index (χ2v) is 4.49. The van der Waals surface area contributed by atoms with E-state index in [0.29, 0.717) is 19.3 Å². The van der Waals surface area contributed by atoms with E-state index in [0.717, 1.165) is 24.0 Å². The van der Waals surface area contributed by atoms with Crippen molar-refractivity contribution in [2.75, 3.05) is 23.8 Å². The highest BCUT2D eigenvalue weighted by molar-refractivity contribution is 5.48. The first-order valence-corrected chi connectivity index (χ1v) is 6.78. The summed E-state index contributed by atoms with van der Waals surface area (Å²) in [6, 6.07) is 2.55. The quantitative estimate of drug-likeness (QED) is 0.778. The third-order valence-corrected chi connectivity index (χ3v) is 3.02. The average molecular weight is 250 g/mol. The average Bonchev–Trinajstić information content (AvgIpc) is 2.32. The van der Waals surface area contributed by atoms with Gasteiger partial charge in [0.05, 0.1) is 0 Å². The lowest BCUT2D eigenvalue weighted by atomic mass is 9.93. The maximum atomic E-state index is 5.37. The zero-order valence-corrected chi connectivity index (χ0v) is 11.2. The molecule has 0 spiro atoms. The lowest BCUT2D eigenvalue weighted by Gasteiger charge is -2.27. The molecule has 18 heavy (non-hydrogen) atoms. The van der Waals surface area contributed by atoms with Gasteiger partial charge in [-0.05, 0) is 33.1 Å². The second kappa shape index (κ2) is 6.54. The molecular weight excluding hydrogens is 228 g/mol. The molecular formula is C13H22N4O. The van der Waals surface area contributed by atoms with Crippen LogP contribution >= 0.6 is 0 Å². The van der Waals surface area contributed by atoms with Gasteiger partial charge in [-0.1, -0.05) is 0 Å². The Morgan fingerprint density at radius 2 is 2.06 bits per heavy atom. The number of anilines is 2. The van der Waals surface area contributed by atoms with Gasteiger partial charge >= 0.3 is 0 Å². The van der Waals surface area contributed by atoms with Crippen molar-refractivity contribution in [3.8, 4) is 0 Å². The molecule has 0 unspecified atom stereocenters. The number of ether oxygens (including phenoxy) is 1. The molecule has 1 fully saturated rings. The predicted molar refractivity (Wildman–Crippen MR) is 72.8 cm³/mol. The third kappa shape index (κ3) is 3.57. The van der Waals surface area contributed by atoms with Crippen LogP contribution in [0.1, 0.15) is 38.9 Å². The Labute approximate surface area is 108 Å². The van der Waals surface area contributed by atoms with Gasteiger partial charge in [0.25, 0.3) is 0 Å². The van der Waals surface area contributed by atoms with Crippen LogP contribution in [-0.4, -0.2) is 29.2 Å². The Hall–Kier alpha value is -1.36. The molecule has 2 rings (SSSR count). The molecule has 1 aliphatic carbocycles. The van der Waals surface area contributed by atoms with Crippen LogP contribution in [0.25, 0.3) is 0 Å². The largest absolute Gasteiger partial charge is 0.374 e. The zero-order chi connectivity index (χ0) is 12.8. The van der Waals surface area contributed by atoms with E-state index in [1.54, 1.807) is 0 Å². The number of rotatable bonds is 7. The van der Waals surface area contributed by atoms with E-state index in [1.807, 2.05) is 13.0 Å². The molecule has 0 aliphatic heterocycles. The van der Waals surface area contributed by atoms with Crippen molar-refractivity contribution >= 4 is 11.6 Å². The lowest BCUT2D eigenvalue weighted by Crippen LogP contribution is -2.27. The van der Waals surface area contributed by atoms with Gasteiger partial charge in [0.2, 0.25) is 0 Å². The van der Waals surface area contributed by atoms with Crippen molar-refractivity contribution in [1.29, 1.82) is 0 Å². The topological polar surface area (TPSA) is 59.1 Å². The van der Waals surface area contributed by atoms with Crippen LogP contribution in [0.15, 0.2) is 6.07 Å². The van der Waals surface area contributed by atoms with E-state index in [2.05, 4.69) is 27.5 Å². The summed E-state index contributed by atoms with van der Waals surface area (Å²) in [4.78, 5) is 8.91. The zero-order valence-electron chi connectivity index (χ0n) is 11.2. The fourth-order valence-corrected chi connectivity index (χ4v) is 1.86. The molecule has 5 heteroatoms. The van der Waals surface area contributed by atoms with E-state index < -0.39 is 0 Å². The number of nitrogens with one attached hydrogen (secondary N) is 2. The van der Waals surface area contributed by atoms with Gasteiger partial charge in [-0.25, -0.2) is 9.97 Å². The minimum atomic E-state index is 0.467. The van der Waals surface area contributed by atoms with Gasteiger partial charge in [0, 0.05) is 25.3 Å². The summed E-state index contributed by atoms with van der Waals surface area (Å²) in [6.07, 6.45) is 3.79. The van der Waals surface area contributed by atoms with E-state index >= 15 is 0 Å². The van der Waals surface area contributed by atoms with Crippen LogP contribution in [0.4, 0.5) is 11.6 Å². The highest BCUT2D eigenvalue weighted by Gasteiger charge is 2.18. The van der Waals surface area contributed by atoms with Crippen LogP contribution in [-0.2, 0) is 11.3 Å². The molecule has 0 bridgehead atoms. The first-order valence-electron chi connectivity index (χ1n) is 6.78. The van der Waals surface area contributed by atoms with Gasteiger partial charge in [-0.2, -0.15) is 0 Å². The number of nitrogens with zero attached hydrogens (tertiary/aromatic N) is 2. The summed E-state index contributed by atoms with van der Waals surface area (Å²) in [5.41, 5.74) is 0. The van der Waals surface area contributed by atoms with Gasteiger partial charge in [0.15, 0.2) is 5.82 Å². The monoisotopic (exact) mass is 250 g/mol. The third-order valence-electron chi connectivity index (χ3n) is 3.02. The Morgan fingerprint density at radius 1 is 1.28 bits per heavy atom. The smallest absolute Gasteiger partial charge is 0.158 e. The molecule has 0 amide bonds. The van der Waals surface area contributed by atoms with Crippen molar-refractivity contribution in [1.82, 2.24) is 9.97 Å². The van der Waals surface area contributed by atoms with E-state index in [4.69, 9.17) is 4.74 Å². The first kappa shape index (κ1) is 13.1. The second-order valence-electron chi connectivity index (χ2n) is 4.49. The normalized spacial score (nSPS) is 15.2. The Kier molecular flexibility index (Phi) is 4.75. The minimum absolute atomic E-state index is 0.467. The highest BCUT2D eigenvalue weighted by atomic mass is 16.5. The Balaban J connectivity index is 2.07. The summed E-state index contributed by atoms with van der Waals surface area (Å²) < 4.78 is 5.37. The van der Waals surface area contributed by atoms with Crippen molar-refractivity contribution in [2.24, 2.45) is 0 Å². The predicted octanol–water partition coefficient (Wildman–Crippen LogP) is 2.41. The standard InChI is InChI=1S/C13H22N4O/c1-3-14-11-8-12(15-10-6-5-7-10)17-13(16-11)9-18-4-2/h8,10H,3-7,9H2,1-2H3,(H2,14,15,16,17). The first-order chi connectivity index (χ1) is 8.81. The fourth-order valence-electron chi connectivity index (χ4n) is 1.86. The molecule has 1 heterocycles. The van der Waals surface area contributed by atoms with E-state index in [1.165, 1.54) is 19.3 Å². The Morgan fingerprint density at radius 3 is 2.67 bits per heavy atom. The summed E-state index contributed by atoms with van der Waals surface area (Å²) in [5, 5.41) is 6.67. The van der Waals surface area contributed by atoms with Gasteiger partial charge < -0.3 is 15.4 Å². The van der Waals surface area contributed by atoms with E-state index in [9.17, 15) is 0 Å². The van der Waals surface area contributed by atoms with Crippen molar-refractivity contribution < 1.29 is 4.74 Å². The molecule has 0 radical (unpaired) electrons. The highest BCUT2D eigenvalue weighted by Crippen LogP contribution is 2.23. The van der Waals surface area contributed by atoms with Crippen molar-refractivity contribution in [3.05, 3.63) is 11.9 Å². The number of aromatic nitrogens is 2. The molecule has 2 N–H and O–H groups in total. The van der Waals surface area contributed by atoms with Crippen molar-refractivity contribution in [2.45, 2.75) is 45.8 Å². The fraction of sp³-hybridized carbons (Fsp3) is 0.692. The lowest BCUT2D eigenvalue weighted by molar-refractivity contribution is 0.128. The molecule has 1 aromatic heterocycles. The summed E-state index contributed by atoms with van der Waals surface area (Å²) >= 11 is 0. The molecule has 0 saturated heterocycles. The van der Waals surface area contributed by atoms with Crippen molar-refractivity contribution in [3.63, 3.8) is 0 Å². The SMILES string of the molecule is CCNc1cc(NC2CCC2)nc(COCC)n1. The molecule has 1 aromatic rings. The number of hydrogen-bond donors (Lipinski definition) is 2. The van der Waals surface area contributed by atoms with Crippen LogP contribution < -0.4 is 10.6 Å². The molecule has 0 aromatic carbocycles. The van der Waals surface area contributed by atoms with Crippen LogP contribution in [0, 0.1) is 0 Å². The van der Waals surface area contributed by atoms with Crippen LogP contribution in [0.2, 0.25) is 0 Å². The summed E-state index contributed by atoms with van der Waals surface area (Å²) in [5.74, 6) is 2.50. The van der Waals surface area contributed by atoms with Crippen LogP contribution in [0.3, 0.4) is 0 Å². The van der Waals surface area contributed by atoms with E-state index in [-0.39, 0.29) is 0 Å². The summed E-state index contributed by atoms with van der Waals surface area (Å²) in [7, 11) is 0. The molecule has 1 saturated carbocycles. The maximum absolute atomic E-state index is 5.37. The maximum Gasteiger partial charge on any atom is 0.158 e. The molecule has 0 atom stereocenters. The minimum Gasteiger partial charge on any atom is -0.374 e. The Bertz CT molecular complexity index is 379. The molecule has 5 nitrogen and oxygen atoms in total. The molecule has 1 aliphatic rings. The van der Waals surface area contributed by atoms with Gasteiger partial charge in [-0.3, -0.25) is 0 Å². The van der Waals surface area contributed by atoms with Gasteiger partial charge in [-0.15, -0.1) is 0 Å².